The van der Waals surface area contributed by atoms with Crippen molar-refractivity contribution in [1.82, 2.24) is 0 Å². The van der Waals surface area contributed by atoms with Gasteiger partial charge in [0.15, 0.2) is 0 Å². The van der Waals surface area contributed by atoms with Crippen LogP contribution in [0.5, 0.6) is 0 Å². The fourth-order valence-corrected chi connectivity index (χ4v) is 13.2. The summed E-state index contributed by atoms with van der Waals surface area (Å²) in [6.07, 6.45) is 0. The highest BCUT2D eigenvalue weighted by atomic mass is 32.2. The molecule has 0 spiro atoms. The van der Waals surface area contributed by atoms with E-state index in [2.05, 4.69) is 239 Å². The lowest BCUT2D eigenvalue weighted by Gasteiger charge is -2.45. The fourth-order valence-electron chi connectivity index (χ4n) is 10.4. The minimum Gasteiger partial charge on any atom is -0.311 e. The Morgan fingerprint density at radius 2 is 0.967 bits per heavy atom. The molecule has 4 heterocycles. The van der Waals surface area contributed by atoms with Gasteiger partial charge in [-0.3, -0.25) is 0 Å². The van der Waals surface area contributed by atoms with E-state index in [-0.39, 0.29) is 6.71 Å². The van der Waals surface area contributed by atoms with Gasteiger partial charge in [0.2, 0.25) is 0 Å². The molecule has 9 aromatic carbocycles. The average molecular weight is 796 g/mol. The molecule has 286 valence electrons. The van der Waals surface area contributed by atoms with Crippen LogP contribution in [0.3, 0.4) is 0 Å². The van der Waals surface area contributed by atoms with E-state index in [0.29, 0.717) is 0 Å². The molecule has 1 atom stereocenters. The maximum Gasteiger partial charge on any atom is 0.253 e. The summed E-state index contributed by atoms with van der Waals surface area (Å²) in [6, 6.07) is 83.5. The lowest BCUT2D eigenvalue weighted by molar-refractivity contribution is 1.23. The average Bonchev–Trinajstić information content (AvgIpc) is 3.67. The van der Waals surface area contributed by atoms with Gasteiger partial charge in [-0.05, 0) is 140 Å². The van der Waals surface area contributed by atoms with Gasteiger partial charge in [0.05, 0.1) is 5.03 Å². The van der Waals surface area contributed by atoms with Crippen LogP contribution >= 0.6 is 10.9 Å². The second-order valence-electron chi connectivity index (χ2n) is 16.1. The Kier molecular flexibility index (Phi) is 7.63. The van der Waals surface area contributed by atoms with Crippen molar-refractivity contribution in [3.8, 4) is 22.3 Å². The quantitative estimate of drug-likeness (QED) is 0.140. The fraction of sp³-hybridized carbons (Fsp3) is 0. The molecule has 4 bridgehead atoms. The van der Waals surface area contributed by atoms with Crippen LogP contribution in [-0.4, -0.2) is 6.71 Å². The number of hydrogen-bond donors (Lipinski definition) is 1. The molecule has 5 heteroatoms. The molecule has 0 saturated heterocycles. The van der Waals surface area contributed by atoms with Crippen molar-refractivity contribution in [2.24, 2.45) is 0 Å². The first-order valence-corrected chi connectivity index (χ1v) is 22.4. The van der Waals surface area contributed by atoms with Crippen LogP contribution < -0.4 is 25.6 Å². The molecular weight excluding hydrogens is 758 g/mol. The van der Waals surface area contributed by atoms with Gasteiger partial charge in [0.25, 0.3) is 6.71 Å². The molecule has 9 aromatic rings. The standard InChI is InChI=1S/C56H38BN3S/c1-4-19-40(20-5-1)58(41-21-6-2-7-22-41)44-33-34-49-52(37-44)59(42-23-8-3-9-24-42)50-30-16-31-51-55(50)57(49)54-48-29-12-13-32-53(48)61-45-26-15-18-39(36-45)47-28-11-10-27-46(47)38-17-14-25-43(35-38)60(51)56(54)61/h1-37,61H. The third-order valence-corrected chi connectivity index (χ3v) is 15.4. The monoisotopic (exact) mass is 795 g/mol. The Hall–Kier alpha value is -7.47. The summed E-state index contributed by atoms with van der Waals surface area (Å²) in [5, 5.41) is 1.41. The van der Waals surface area contributed by atoms with Crippen LogP contribution in [0, 0.1) is 0 Å². The number of rotatable bonds is 4. The van der Waals surface area contributed by atoms with Gasteiger partial charge in [-0.25, -0.2) is 0 Å². The van der Waals surface area contributed by atoms with Gasteiger partial charge in [-0.15, -0.1) is 0 Å². The number of para-hydroxylation sites is 3. The van der Waals surface area contributed by atoms with E-state index in [1.54, 1.807) is 0 Å². The van der Waals surface area contributed by atoms with Gasteiger partial charge in [0, 0.05) is 50.4 Å². The predicted molar refractivity (Wildman–Crippen MR) is 259 cm³/mol. The van der Waals surface area contributed by atoms with Crippen molar-refractivity contribution in [2.75, 3.05) is 14.7 Å². The Morgan fingerprint density at radius 1 is 0.393 bits per heavy atom. The van der Waals surface area contributed by atoms with Crippen LogP contribution in [0.2, 0.25) is 0 Å². The maximum absolute atomic E-state index is 2.65. The Balaban J connectivity index is 1.13. The first-order valence-electron chi connectivity index (χ1n) is 21.1. The molecule has 3 nitrogen and oxygen atoms in total. The van der Waals surface area contributed by atoms with E-state index in [1.165, 1.54) is 81.8 Å². The molecule has 0 fully saturated rings. The lowest BCUT2D eigenvalue weighted by atomic mass is 9.32. The van der Waals surface area contributed by atoms with E-state index < -0.39 is 10.9 Å². The lowest BCUT2D eigenvalue weighted by Crippen LogP contribution is -2.55. The zero-order valence-electron chi connectivity index (χ0n) is 33.2. The normalized spacial score (nSPS) is 15.5. The molecule has 0 aromatic heterocycles. The van der Waals surface area contributed by atoms with Crippen molar-refractivity contribution in [3.05, 3.63) is 235 Å². The minimum atomic E-state index is -0.944. The van der Waals surface area contributed by atoms with E-state index in [4.69, 9.17) is 0 Å². The summed E-state index contributed by atoms with van der Waals surface area (Å²) < 4.78 is 0. The zero-order chi connectivity index (χ0) is 40.0. The van der Waals surface area contributed by atoms with Crippen LogP contribution in [0.4, 0.5) is 45.5 Å². The second kappa shape index (κ2) is 13.5. The molecule has 4 aliphatic rings. The third-order valence-electron chi connectivity index (χ3n) is 12.8. The summed E-state index contributed by atoms with van der Waals surface area (Å²) in [5.74, 6) is 0. The van der Waals surface area contributed by atoms with E-state index >= 15 is 0 Å². The molecule has 13 rings (SSSR count). The second-order valence-corrected chi connectivity index (χ2v) is 18.2. The SMILES string of the molecule is c1ccc(N(c2ccccc2)c2ccc3c(c2)N(c2ccccc2)c2cccc4c2B3C2=C3N4c4cccc(c4)-c4ccccc4-c4cccc(c4)[SH]3c3ccccc32)cc1. The molecule has 0 N–H and O–H groups in total. The highest BCUT2D eigenvalue weighted by Crippen LogP contribution is 2.66. The smallest absolute Gasteiger partial charge is 0.253 e. The Labute approximate surface area is 359 Å². The number of benzene rings is 9. The van der Waals surface area contributed by atoms with E-state index in [9.17, 15) is 0 Å². The van der Waals surface area contributed by atoms with Crippen molar-refractivity contribution in [2.45, 2.75) is 9.79 Å². The summed E-state index contributed by atoms with van der Waals surface area (Å²) in [4.78, 5) is 10.3. The van der Waals surface area contributed by atoms with Crippen LogP contribution in [-0.2, 0) is 0 Å². The summed E-state index contributed by atoms with van der Waals surface area (Å²) >= 11 is 0. The zero-order valence-corrected chi connectivity index (χ0v) is 34.1. The van der Waals surface area contributed by atoms with Gasteiger partial charge in [0.1, 0.15) is 0 Å². The summed E-state index contributed by atoms with van der Waals surface area (Å²) in [7, 11) is -0.944. The third kappa shape index (κ3) is 5.14. The number of fused-ring (bicyclic) bond motifs is 16. The van der Waals surface area contributed by atoms with Crippen molar-refractivity contribution >= 4 is 79.5 Å². The van der Waals surface area contributed by atoms with E-state index in [1.807, 2.05) is 0 Å². The molecule has 0 radical (unpaired) electrons. The maximum atomic E-state index is 2.65. The summed E-state index contributed by atoms with van der Waals surface area (Å²) in [6.45, 7) is 0.00528. The van der Waals surface area contributed by atoms with Gasteiger partial charge in [-0.2, -0.15) is 10.9 Å². The van der Waals surface area contributed by atoms with Crippen LogP contribution in [0.15, 0.2) is 239 Å². The molecule has 61 heavy (non-hydrogen) atoms. The number of nitrogens with zero attached hydrogens (tertiary/aromatic N) is 3. The summed E-state index contributed by atoms with van der Waals surface area (Å²) in [5.41, 5.74) is 19.8. The van der Waals surface area contributed by atoms with Crippen molar-refractivity contribution in [3.63, 3.8) is 0 Å². The van der Waals surface area contributed by atoms with Crippen LogP contribution in [0.25, 0.3) is 27.7 Å². The van der Waals surface area contributed by atoms with Crippen molar-refractivity contribution in [1.29, 1.82) is 0 Å². The Bertz CT molecular complexity index is 3200. The number of thiol groups is 1. The Morgan fingerprint density at radius 3 is 1.69 bits per heavy atom. The topological polar surface area (TPSA) is 9.72 Å². The molecule has 0 aliphatic carbocycles. The highest BCUT2D eigenvalue weighted by molar-refractivity contribution is 8.21. The molecule has 4 aliphatic heterocycles. The molecule has 0 saturated carbocycles. The first kappa shape index (κ1) is 34.4. The highest BCUT2D eigenvalue weighted by Gasteiger charge is 2.49. The molecule has 1 unspecified atom stereocenters. The predicted octanol–water partition coefficient (Wildman–Crippen LogP) is 13.7. The van der Waals surface area contributed by atoms with Gasteiger partial charge < -0.3 is 14.7 Å². The van der Waals surface area contributed by atoms with E-state index in [0.717, 1.165) is 22.7 Å². The minimum absolute atomic E-state index is 0.00528. The first-order chi connectivity index (χ1) is 30.3. The van der Waals surface area contributed by atoms with Gasteiger partial charge in [-0.1, -0.05) is 133 Å². The molecular formula is C56H38BN3S. The van der Waals surface area contributed by atoms with Crippen molar-refractivity contribution < 1.29 is 0 Å². The largest absolute Gasteiger partial charge is 0.311 e. The van der Waals surface area contributed by atoms with Gasteiger partial charge >= 0.3 is 0 Å². The number of hydrogen-bond acceptors (Lipinski definition) is 3. The van der Waals surface area contributed by atoms with Crippen LogP contribution in [0.1, 0.15) is 5.56 Å². The number of anilines is 8. The molecule has 0 amide bonds.